The quantitative estimate of drug-likeness (QED) is 0.345. The molecule has 0 aliphatic rings. The third-order valence-electron chi connectivity index (χ3n) is 5.18. The summed E-state index contributed by atoms with van der Waals surface area (Å²) >= 11 is 0. The molecule has 0 saturated heterocycles. The van der Waals surface area contributed by atoms with Gasteiger partial charge in [-0.2, -0.15) is 0 Å². The fourth-order valence-corrected chi connectivity index (χ4v) is 3.86. The Morgan fingerprint density at radius 2 is 0.964 bits per heavy atom. The molecule has 0 unspecified atom stereocenters. The molecule has 0 spiro atoms. The van der Waals surface area contributed by atoms with E-state index in [0.29, 0.717) is 0 Å². The molecule has 0 amide bonds. The van der Waals surface area contributed by atoms with E-state index >= 15 is 0 Å². The normalized spacial score (nSPS) is 11.2. The van der Waals surface area contributed by atoms with Crippen LogP contribution in [-0.2, 0) is 0 Å². The van der Waals surface area contributed by atoms with E-state index in [1.165, 1.54) is 21.5 Å². The maximum Gasteiger partial charge on any atom is 0.0712 e. The van der Waals surface area contributed by atoms with Gasteiger partial charge in [-0.05, 0) is 38.1 Å². The van der Waals surface area contributed by atoms with Crippen molar-refractivity contribution in [2.24, 2.45) is 0 Å². The Morgan fingerprint density at radius 1 is 0.536 bits per heavy atom. The maximum atomic E-state index is 4.54. The first-order chi connectivity index (χ1) is 13.7. The Kier molecular flexibility index (Phi) is 3.83. The lowest BCUT2D eigenvalue weighted by molar-refractivity contribution is 1.26. The number of H-pyrrole nitrogens is 2. The van der Waals surface area contributed by atoms with Gasteiger partial charge in [0.15, 0.2) is 0 Å². The lowest BCUT2D eigenvalue weighted by Crippen LogP contribution is -1.85. The topological polar surface area (TPSA) is 57.4 Å². The van der Waals surface area contributed by atoms with Gasteiger partial charge >= 0.3 is 0 Å². The number of aryl methyl sites for hydroxylation is 2. The lowest BCUT2D eigenvalue weighted by atomic mass is 10.1. The third-order valence-corrected chi connectivity index (χ3v) is 5.18. The first-order valence-corrected chi connectivity index (χ1v) is 9.37. The average Bonchev–Trinajstić information content (AvgIpc) is 3.40. The summed E-state index contributed by atoms with van der Waals surface area (Å²) in [6.07, 6.45) is 3.93. The van der Waals surface area contributed by atoms with Crippen molar-refractivity contribution in [3.63, 3.8) is 0 Å². The van der Waals surface area contributed by atoms with Crippen molar-refractivity contribution in [3.8, 4) is 0 Å². The molecular weight excluding hydrogens is 344 g/mol. The van der Waals surface area contributed by atoms with E-state index in [0.717, 1.165) is 33.5 Å². The molecule has 136 valence electrons. The first kappa shape index (κ1) is 16.5. The van der Waals surface area contributed by atoms with Crippen molar-refractivity contribution in [1.82, 2.24) is 19.9 Å². The summed E-state index contributed by atoms with van der Waals surface area (Å²) in [5.41, 5.74) is 6.54. The van der Waals surface area contributed by atoms with Crippen LogP contribution in [0.15, 0.2) is 73.1 Å². The van der Waals surface area contributed by atoms with Crippen molar-refractivity contribution in [2.45, 2.75) is 13.8 Å². The van der Waals surface area contributed by atoms with Crippen LogP contribution in [0.4, 0.5) is 0 Å². The minimum absolute atomic E-state index is 1.06. The minimum atomic E-state index is 1.06. The van der Waals surface area contributed by atoms with Gasteiger partial charge in [0.25, 0.3) is 0 Å². The van der Waals surface area contributed by atoms with Crippen LogP contribution in [0.1, 0.15) is 11.4 Å². The first-order valence-electron chi connectivity index (χ1n) is 9.37. The van der Waals surface area contributed by atoms with E-state index in [1.54, 1.807) is 0 Å². The van der Waals surface area contributed by atoms with Crippen LogP contribution in [0, 0.1) is 13.8 Å². The van der Waals surface area contributed by atoms with Crippen LogP contribution in [0.5, 0.6) is 0 Å². The van der Waals surface area contributed by atoms with Gasteiger partial charge in [0.2, 0.25) is 0 Å². The van der Waals surface area contributed by atoms with Crippen LogP contribution in [0.2, 0.25) is 0 Å². The summed E-state index contributed by atoms with van der Waals surface area (Å²) in [6.45, 7) is 4.07. The van der Waals surface area contributed by atoms with Crippen molar-refractivity contribution >= 4 is 43.6 Å². The Bertz CT molecular complexity index is 1330. The smallest absolute Gasteiger partial charge is 0.0712 e. The van der Waals surface area contributed by atoms with Crippen LogP contribution < -0.4 is 0 Å². The molecule has 0 atom stereocenters. The molecule has 6 rings (SSSR count). The highest BCUT2D eigenvalue weighted by Gasteiger charge is 2.05. The summed E-state index contributed by atoms with van der Waals surface area (Å²) in [6, 6.07) is 20.7. The molecule has 4 heteroatoms. The summed E-state index contributed by atoms with van der Waals surface area (Å²) in [5, 5.41) is 4.95. The molecular formula is C24H20N4. The molecule has 0 saturated carbocycles. The zero-order valence-corrected chi connectivity index (χ0v) is 15.8. The summed E-state index contributed by atoms with van der Waals surface area (Å²) in [4.78, 5) is 15.5. The predicted octanol–water partition coefficient (Wildman–Crippen LogP) is 6.05. The van der Waals surface area contributed by atoms with Gasteiger partial charge in [-0.1, -0.05) is 36.4 Å². The second-order valence-corrected chi connectivity index (χ2v) is 6.96. The summed E-state index contributed by atoms with van der Waals surface area (Å²) in [7, 11) is 0. The lowest BCUT2D eigenvalue weighted by Gasteiger charge is -2.01. The number of aromatic nitrogens is 4. The number of nitrogens with zero attached hydrogens (tertiary/aromatic N) is 2. The molecule has 6 aromatic rings. The van der Waals surface area contributed by atoms with Crippen molar-refractivity contribution in [1.29, 1.82) is 0 Å². The molecule has 4 nitrogen and oxygen atoms in total. The average molecular weight is 364 g/mol. The van der Waals surface area contributed by atoms with Crippen LogP contribution in [-0.4, -0.2) is 19.9 Å². The third kappa shape index (κ3) is 2.62. The van der Waals surface area contributed by atoms with Crippen molar-refractivity contribution in [3.05, 3.63) is 84.4 Å². The highest BCUT2D eigenvalue weighted by atomic mass is 14.8. The zero-order valence-electron chi connectivity index (χ0n) is 15.8. The van der Waals surface area contributed by atoms with Crippen molar-refractivity contribution in [2.75, 3.05) is 0 Å². The Labute approximate surface area is 162 Å². The van der Waals surface area contributed by atoms with Gasteiger partial charge in [0.1, 0.15) is 0 Å². The number of fused-ring (bicyclic) bond motifs is 6. The number of nitrogens with one attached hydrogen (secondary N) is 2. The fourth-order valence-electron chi connectivity index (χ4n) is 3.86. The van der Waals surface area contributed by atoms with Crippen LogP contribution in [0.25, 0.3) is 43.6 Å². The molecule has 0 bridgehead atoms. The van der Waals surface area contributed by atoms with Gasteiger partial charge in [0.05, 0.1) is 33.5 Å². The van der Waals surface area contributed by atoms with E-state index in [1.807, 2.05) is 50.5 Å². The van der Waals surface area contributed by atoms with E-state index in [-0.39, 0.29) is 0 Å². The second kappa shape index (κ2) is 6.50. The molecule has 0 aliphatic heterocycles. The number of pyridine rings is 2. The molecule has 2 N–H and O–H groups in total. The molecule has 4 aromatic heterocycles. The van der Waals surface area contributed by atoms with Crippen LogP contribution >= 0.6 is 0 Å². The monoisotopic (exact) mass is 364 g/mol. The van der Waals surface area contributed by atoms with E-state index in [9.17, 15) is 0 Å². The van der Waals surface area contributed by atoms with Gasteiger partial charge in [-0.25, -0.2) is 0 Å². The standard InChI is InChI=1S/2C12H10N2/c2*1-8-12-10(6-7-13-12)9-4-2-3-5-11(9)14-8/h2*2-7,13H,1H3. The number of benzene rings is 2. The Morgan fingerprint density at radius 3 is 1.43 bits per heavy atom. The van der Waals surface area contributed by atoms with E-state index in [4.69, 9.17) is 0 Å². The minimum Gasteiger partial charge on any atom is -0.360 e. The predicted molar refractivity (Wildman–Crippen MR) is 117 cm³/mol. The van der Waals surface area contributed by atoms with Gasteiger partial charge < -0.3 is 9.97 Å². The van der Waals surface area contributed by atoms with Crippen LogP contribution in [0.3, 0.4) is 0 Å². The van der Waals surface area contributed by atoms with Crippen molar-refractivity contribution < 1.29 is 0 Å². The maximum absolute atomic E-state index is 4.54. The highest BCUT2D eigenvalue weighted by Crippen LogP contribution is 2.25. The summed E-state index contributed by atoms with van der Waals surface area (Å²) in [5.74, 6) is 0. The van der Waals surface area contributed by atoms with Gasteiger partial charge in [-0.3, -0.25) is 9.97 Å². The summed E-state index contributed by atoms with van der Waals surface area (Å²) < 4.78 is 0. The molecule has 4 heterocycles. The Balaban J connectivity index is 0.000000122. The van der Waals surface area contributed by atoms with E-state index < -0.39 is 0 Å². The SMILES string of the molecule is Cc1nc2ccccc2c2cc[nH]c12.Cc1nc2ccccc2c2cc[nH]c12. The fraction of sp³-hybridized carbons (Fsp3) is 0.0833. The zero-order chi connectivity index (χ0) is 19.1. The number of aromatic amines is 2. The van der Waals surface area contributed by atoms with Gasteiger partial charge in [-0.15, -0.1) is 0 Å². The second-order valence-electron chi connectivity index (χ2n) is 6.96. The molecule has 0 aliphatic carbocycles. The molecule has 0 fully saturated rings. The number of rotatable bonds is 0. The molecule has 2 aromatic carbocycles. The Hall–Kier alpha value is -3.66. The number of hydrogen-bond donors (Lipinski definition) is 2. The highest BCUT2D eigenvalue weighted by molar-refractivity contribution is 6.06. The molecule has 0 radical (unpaired) electrons. The molecule has 28 heavy (non-hydrogen) atoms. The number of hydrogen-bond acceptors (Lipinski definition) is 2. The largest absolute Gasteiger partial charge is 0.360 e. The van der Waals surface area contributed by atoms with Gasteiger partial charge in [0, 0.05) is 33.9 Å². The van der Waals surface area contributed by atoms with E-state index in [2.05, 4.69) is 56.3 Å². The number of para-hydroxylation sites is 2.